The number of piperazine rings is 1. The second-order valence-corrected chi connectivity index (χ2v) is 10.7. The van der Waals surface area contributed by atoms with Crippen LogP contribution in [0.4, 0.5) is 5.88 Å². The number of benzene rings is 1. The third kappa shape index (κ3) is 4.63. The van der Waals surface area contributed by atoms with Gasteiger partial charge in [-0.15, -0.1) is 11.3 Å². The fourth-order valence-electron chi connectivity index (χ4n) is 3.53. The molecule has 3 heterocycles. The molecule has 0 amide bonds. The maximum atomic E-state index is 13.0. The van der Waals surface area contributed by atoms with E-state index in [2.05, 4.69) is 24.9 Å². The van der Waals surface area contributed by atoms with Crippen LogP contribution < -0.4 is 4.90 Å². The van der Waals surface area contributed by atoms with Crippen molar-refractivity contribution in [3.05, 3.63) is 63.8 Å². The minimum absolute atomic E-state index is 0.205. The average Bonchev–Trinajstić information content (AvgIpc) is 3.47. The van der Waals surface area contributed by atoms with E-state index < -0.39 is 10.0 Å². The van der Waals surface area contributed by atoms with Crippen molar-refractivity contribution in [1.29, 1.82) is 5.26 Å². The van der Waals surface area contributed by atoms with Gasteiger partial charge in [-0.05, 0) is 41.1 Å². The largest absolute Gasteiger partial charge is 0.420 e. The van der Waals surface area contributed by atoms with Gasteiger partial charge in [0.1, 0.15) is 6.07 Å². The zero-order chi connectivity index (χ0) is 22.7. The predicted octanol–water partition coefficient (Wildman–Crippen LogP) is 4.41. The van der Waals surface area contributed by atoms with Gasteiger partial charge in [0, 0.05) is 37.1 Å². The monoisotopic (exact) mass is 468 g/mol. The first-order valence-electron chi connectivity index (χ1n) is 10.4. The smallest absolute Gasteiger partial charge is 0.243 e. The normalized spacial score (nSPS) is 15.5. The number of aromatic nitrogens is 1. The van der Waals surface area contributed by atoms with Crippen molar-refractivity contribution in [3.8, 4) is 6.07 Å². The van der Waals surface area contributed by atoms with Gasteiger partial charge in [-0.25, -0.2) is 8.42 Å². The van der Waals surface area contributed by atoms with Crippen molar-refractivity contribution in [2.24, 2.45) is 0 Å². The van der Waals surface area contributed by atoms with Gasteiger partial charge >= 0.3 is 0 Å². The summed E-state index contributed by atoms with van der Waals surface area (Å²) in [6, 6.07) is 13.1. The number of oxazole rings is 1. The molecule has 0 spiro atoms. The van der Waals surface area contributed by atoms with E-state index in [-0.39, 0.29) is 5.69 Å². The van der Waals surface area contributed by atoms with Crippen molar-refractivity contribution in [2.75, 3.05) is 31.1 Å². The molecule has 1 saturated heterocycles. The highest BCUT2D eigenvalue weighted by Crippen LogP contribution is 2.27. The molecule has 0 atom stereocenters. The van der Waals surface area contributed by atoms with Gasteiger partial charge < -0.3 is 9.32 Å². The van der Waals surface area contributed by atoms with Gasteiger partial charge in [-0.1, -0.05) is 32.0 Å². The molecule has 3 aromatic rings. The minimum Gasteiger partial charge on any atom is -0.420 e. The van der Waals surface area contributed by atoms with E-state index in [0.717, 1.165) is 10.4 Å². The molecule has 0 N–H and O–H groups in total. The van der Waals surface area contributed by atoms with Gasteiger partial charge in [-0.3, -0.25) is 0 Å². The molecular weight excluding hydrogens is 444 g/mol. The molecule has 1 fully saturated rings. The highest BCUT2D eigenvalue weighted by Gasteiger charge is 2.31. The van der Waals surface area contributed by atoms with E-state index in [1.165, 1.54) is 4.31 Å². The number of rotatable bonds is 6. The lowest BCUT2D eigenvalue weighted by Gasteiger charge is -2.33. The second kappa shape index (κ2) is 9.28. The maximum Gasteiger partial charge on any atom is 0.243 e. The summed E-state index contributed by atoms with van der Waals surface area (Å²) in [5, 5.41) is 11.5. The summed E-state index contributed by atoms with van der Waals surface area (Å²) in [4.78, 5) is 7.49. The average molecular weight is 469 g/mol. The number of nitrogens with zero attached hydrogens (tertiary/aromatic N) is 4. The van der Waals surface area contributed by atoms with Gasteiger partial charge in [0.05, 0.1) is 4.90 Å². The molecule has 1 aromatic carbocycles. The van der Waals surface area contributed by atoms with Crippen LogP contribution in [-0.4, -0.2) is 43.9 Å². The summed E-state index contributed by atoms with van der Waals surface area (Å²) in [5.41, 5.74) is 1.31. The van der Waals surface area contributed by atoms with Crippen molar-refractivity contribution < 1.29 is 12.8 Å². The number of nitriles is 1. The summed E-state index contributed by atoms with van der Waals surface area (Å²) in [6.45, 7) is 5.60. The van der Waals surface area contributed by atoms with Crippen molar-refractivity contribution in [2.45, 2.75) is 24.7 Å². The molecule has 0 radical (unpaired) electrons. The number of sulfonamides is 1. The van der Waals surface area contributed by atoms with E-state index >= 15 is 0 Å². The van der Waals surface area contributed by atoms with Crippen LogP contribution in [0.25, 0.3) is 12.2 Å². The van der Waals surface area contributed by atoms with Gasteiger partial charge in [0.15, 0.2) is 0 Å². The first-order chi connectivity index (χ1) is 15.4. The fraction of sp³-hybridized carbons (Fsp3) is 0.304. The van der Waals surface area contributed by atoms with Crippen LogP contribution >= 0.6 is 11.3 Å². The molecule has 9 heteroatoms. The molecule has 1 aliphatic heterocycles. The molecule has 7 nitrogen and oxygen atoms in total. The van der Waals surface area contributed by atoms with E-state index in [1.54, 1.807) is 29.5 Å². The first kappa shape index (κ1) is 22.3. The van der Waals surface area contributed by atoms with Gasteiger partial charge in [-0.2, -0.15) is 14.6 Å². The molecule has 166 valence electrons. The van der Waals surface area contributed by atoms with Crippen LogP contribution in [0.1, 0.15) is 41.8 Å². The molecule has 32 heavy (non-hydrogen) atoms. The van der Waals surface area contributed by atoms with Crippen LogP contribution in [0.5, 0.6) is 0 Å². The highest BCUT2D eigenvalue weighted by atomic mass is 32.2. The Morgan fingerprint density at radius 3 is 2.44 bits per heavy atom. The molecule has 0 aliphatic carbocycles. The Morgan fingerprint density at radius 1 is 1.12 bits per heavy atom. The lowest BCUT2D eigenvalue weighted by atomic mass is 10.0. The summed E-state index contributed by atoms with van der Waals surface area (Å²) in [7, 11) is -3.57. The van der Waals surface area contributed by atoms with Crippen LogP contribution in [0.15, 0.2) is 51.1 Å². The standard InChI is InChI=1S/C23H24N4O3S2/c1-17(2)18-5-8-20(9-6-18)32(28,29)27-13-11-26(12-14-27)23-21(16-24)25-22(30-23)10-7-19-4-3-15-31-19/h3-10,15,17H,11-14H2,1-2H3/b10-7+. The lowest BCUT2D eigenvalue weighted by molar-refractivity contribution is 0.373. The molecule has 2 aromatic heterocycles. The topological polar surface area (TPSA) is 90.4 Å². The van der Waals surface area contributed by atoms with E-state index in [9.17, 15) is 13.7 Å². The number of hydrogen-bond donors (Lipinski definition) is 0. The van der Waals surface area contributed by atoms with Gasteiger partial charge in [0.25, 0.3) is 0 Å². The summed E-state index contributed by atoms with van der Waals surface area (Å²) in [5.74, 6) is 1.08. The highest BCUT2D eigenvalue weighted by molar-refractivity contribution is 7.89. The molecule has 0 unspecified atom stereocenters. The number of hydrogen-bond acceptors (Lipinski definition) is 7. The SMILES string of the molecule is CC(C)c1ccc(S(=O)(=O)N2CCN(c3oc(/C=C/c4cccs4)nc3C#N)CC2)cc1. The van der Waals surface area contributed by atoms with E-state index in [1.807, 2.05) is 40.6 Å². The third-order valence-electron chi connectivity index (χ3n) is 5.38. The van der Waals surface area contributed by atoms with Crippen molar-refractivity contribution in [3.63, 3.8) is 0 Å². The summed E-state index contributed by atoms with van der Waals surface area (Å²) < 4.78 is 33.4. The van der Waals surface area contributed by atoms with Crippen molar-refractivity contribution >= 4 is 39.4 Å². The van der Waals surface area contributed by atoms with Gasteiger partial charge in [0.2, 0.25) is 27.5 Å². The van der Waals surface area contributed by atoms with Crippen LogP contribution in [-0.2, 0) is 10.0 Å². The maximum absolute atomic E-state index is 13.0. The Labute approximate surface area is 192 Å². The Morgan fingerprint density at radius 2 is 1.84 bits per heavy atom. The van der Waals surface area contributed by atoms with Crippen molar-refractivity contribution in [1.82, 2.24) is 9.29 Å². The Balaban J connectivity index is 1.46. The zero-order valence-corrected chi connectivity index (χ0v) is 19.6. The molecule has 0 bridgehead atoms. The van der Waals surface area contributed by atoms with Crippen LogP contribution in [0.2, 0.25) is 0 Å². The molecule has 0 saturated carbocycles. The Bertz CT molecular complexity index is 1230. The van der Waals surface area contributed by atoms with E-state index in [4.69, 9.17) is 4.42 Å². The fourth-order valence-corrected chi connectivity index (χ4v) is 5.57. The zero-order valence-electron chi connectivity index (χ0n) is 17.9. The molecule has 1 aliphatic rings. The minimum atomic E-state index is -3.57. The van der Waals surface area contributed by atoms with E-state index in [0.29, 0.717) is 48.8 Å². The summed E-state index contributed by atoms with van der Waals surface area (Å²) >= 11 is 1.60. The number of thiophene rings is 1. The second-order valence-electron chi connectivity index (χ2n) is 7.78. The number of anilines is 1. The third-order valence-corrected chi connectivity index (χ3v) is 8.13. The first-order valence-corrected chi connectivity index (χ1v) is 12.7. The summed E-state index contributed by atoms with van der Waals surface area (Å²) in [6.07, 6.45) is 3.62. The molecular formula is C23H24N4O3S2. The predicted molar refractivity (Wildman–Crippen MR) is 126 cm³/mol. The lowest BCUT2D eigenvalue weighted by Crippen LogP contribution is -2.48. The molecule has 4 rings (SSSR count). The Kier molecular flexibility index (Phi) is 6.46. The van der Waals surface area contributed by atoms with Crippen LogP contribution in [0, 0.1) is 11.3 Å². The Hall–Kier alpha value is -2.93. The quantitative estimate of drug-likeness (QED) is 0.532. The van der Waals surface area contributed by atoms with Crippen LogP contribution in [0.3, 0.4) is 0 Å².